The van der Waals surface area contributed by atoms with Crippen molar-refractivity contribution >= 4 is 33.5 Å². The molecule has 1 fully saturated rings. The van der Waals surface area contributed by atoms with E-state index in [0.29, 0.717) is 22.6 Å². The third kappa shape index (κ3) is 5.69. The number of benzene rings is 2. The van der Waals surface area contributed by atoms with Crippen molar-refractivity contribution in [2.75, 3.05) is 18.0 Å². The lowest BCUT2D eigenvalue weighted by Gasteiger charge is -2.32. The Morgan fingerprint density at radius 1 is 1.09 bits per heavy atom. The Morgan fingerprint density at radius 3 is 2.39 bits per heavy atom. The summed E-state index contributed by atoms with van der Waals surface area (Å²) in [5.41, 5.74) is 1.90. The highest BCUT2D eigenvalue weighted by molar-refractivity contribution is 7.90. The lowest BCUT2D eigenvalue weighted by Crippen LogP contribution is -2.36. The van der Waals surface area contributed by atoms with Gasteiger partial charge in [-0.25, -0.2) is 23.1 Å². The molecule has 1 aromatic heterocycles. The molecule has 1 aliphatic heterocycles. The molecule has 3 aromatic rings. The molecule has 0 spiro atoms. The van der Waals surface area contributed by atoms with Gasteiger partial charge in [-0.1, -0.05) is 41.9 Å². The lowest BCUT2D eigenvalue weighted by atomic mass is 9.90. The van der Waals surface area contributed by atoms with Crippen LogP contribution in [0.4, 0.5) is 5.95 Å². The van der Waals surface area contributed by atoms with E-state index in [1.165, 1.54) is 36.0 Å². The van der Waals surface area contributed by atoms with Crippen LogP contribution < -0.4 is 9.62 Å². The Morgan fingerprint density at radius 2 is 1.76 bits per heavy atom. The topological polar surface area (TPSA) is 92.3 Å². The van der Waals surface area contributed by atoms with Crippen molar-refractivity contribution in [2.24, 2.45) is 5.92 Å². The molecule has 1 aliphatic rings. The Labute approximate surface area is 198 Å². The van der Waals surface area contributed by atoms with Crippen LogP contribution in [0.25, 0.3) is 0 Å². The number of piperidine rings is 1. The molecule has 9 heteroatoms. The number of anilines is 1. The van der Waals surface area contributed by atoms with Crippen LogP contribution in [-0.2, 0) is 16.4 Å². The highest BCUT2D eigenvalue weighted by Gasteiger charge is 2.24. The van der Waals surface area contributed by atoms with Gasteiger partial charge in [-0.15, -0.1) is 0 Å². The van der Waals surface area contributed by atoms with Gasteiger partial charge in [0.15, 0.2) is 0 Å². The molecule has 7 nitrogen and oxygen atoms in total. The quantitative estimate of drug-likeness (QED) is 0.568. The average molecular weight is 485 g/mol. The summed E-state index contributed by atoms with van der Waals surface area (Å²) in [5, 5.41) is 0.407. The molecular formula is C24H25ClN4O3S. The first kappa shape index (κ1) is 23.2. The predicted molar refractivity (Wildman–Crippen MR) is 128 cm³/mol. The van der Waals surface area contributed by atoms with Crippen LogP contribution in [0.5, 0.6) is 0 Å². The first-order valence-corrected chi connectivity index (χ1v) is 12.6. The lowest BCUT2D eigenvalue weighted by molar-refractivity contribution is 0.0980. The number of aromatic nitrogens is 2. The van der Waals surface area contributed by atoms with Crippen molar-refractivity contribution in [1.82, 2.24) is 14.7 Å². The maximum atomic E-state index is 12.6. The van der Waals surface area contributed by atoms with Gasteiger partial charge in [0.25, 0.3) is 15.9 Å². The van der Waals surface area contributed by atoms with E-state index in [1.54, 1.807) is 6.92 Å². The van der Waals surface area contributed by atoms with E-state index in [0.717, 1.165) is 32.4 Å². The van der Waals surface area contributed by atoms with Gasteiger partial charge in [-0.3, -0.25) is 4.79 Å². The fourth-order valence-corrected chi connectivity index (χ4v) is 5.06. The van der Waals surface area contributed by atoms with Gasteiger partial charge < -0.3 is 4.90 Å². The number of sulfonamides is 1. The molecule has 2 aromatic carbocycles. The molecule has 1 N–H and O–H groups in total. The summed E-state index contributed by atoms with van der Waals surface area (Å²) >= 11 is 5.80. The fourth-order valence-electron chi connectivity index (χ4n) is 3.96. The second kappa shape index (κ2) is 9.89. The zero-order chi connectivity index (χ0) is 23.4. The number of halogens is 1. The minimum Gasteiger partial charge on any atom is -0.341 e. The van der Waals surface area contributed by atoms with E-state index >= 15 is 0 Å². The van der Waals surface area contributed by atoms with Crippen molar-refractivity contribution in [1.29, 1.82) is 0 Å². The van der Waals surface area contributed by atoms with E-state index in [-0.39, 0.29) is 10.5 Å². The molecule has 0 atom stereocenters. The second-order valence-electron chi connectivity index (χ2n) is 8.18. The van der Waals surface area contributed by atoms with Crippen LogP contribution in [0.15, 0.2) is 65.7 Å². The Balaban J connectivity index is 1.39. The van der Waals surface area contributed by atoms with Gasteiger partial charge in [0.2, 0.25) is 5.95 Å². The molecule has 0 bridgehead atoms. The molecule has 2 heterocycles. The molecule has 4 rings (SSSR count). The molecule has 1 saturated heterocycles. The number of hydrogen-bond donors (Lipinski definition) is 1. The zero-order valence-corrected chi connectivity index (χ0v) is 19.8. The largest absolute Gasteiger partial charge is 0.341 e. The summed E-state index contributed by atoms with van der Waals surface area (Å²) in [4.78, 5) is 23.5. The maximum absolute atomic E-state index is 12.6. The van der Waals surface area contributed by atoms with E-state index < -0.39 is 15.9 Å². The van der Waals surface area contributed by atoms with Crippen molar-refractivity contribution in [3.8, 4) is 0 Å². The van der Waals surface area contributed by atoms with Crippen molar-refractivity contribution in [3.05, 3.63) is 82.6 Å². The molecule has 172 valence electrons. The number of amides is 1. The Hall–Kier alpha value is -2.97. The summed E-state index contributed by atoms with van der Waals surface area (Å²) < 4.78 is 27.1. The number of aryl methyl sites for hydroxylation is 1. The molecule has 33 heavy (non-hydrogen) atoms. The number of nitrogens with one attached hydrogen (secondary N) is 1. The smallest absolute Gasteiger partial charge is 0.268 e. The number of hydrogen-bond acceptors (Lipinski definition) is 6. The fraction of sp³-hybridized carbons (Fsp3) is 0.292. The second-order valence-corrected chi connectivity index (χ2v) is 10.3. The SMILES string of the molecule is Cc1nc(N2CCC(Cc3ccccc3)CC2)ncc1C(=O)NS(=O)(=O)c1ccc(Cl)cc1. The van der Waals surface area contributed by atoms with Crippen molar-refractivity contribution < 1.29 is 13.2 Å². The summed E-state index contributed by atoms with van der Waals surface area (Å²) in [6.07, 6.45) is 4.54. The maximum Gasteiger partial charge on any atom is 0.268 e. The average Bonchev–Trinajstić information content (AvgIpc) is 2.80. The van der Waals surface area contributed by atoms with Crippen LogP contribution in [0.3, 0.4) is 0 Å². The van der Waals surface area contributed by atoms with Gasteiger partial charge in [0, 0.05) is 24.3 Å². The number of rotatable bonds is 6. The first-order valence-electron chi connectivity index (χ1n) is 10.8. The summed E-state index contributed by atoms with van der Waals surface area (Å²) in [6, 6.07) is 16.1. The van der Waals surface area contributed by atoms with Crippen LogP contribution in [0.1, 0.15) is 34.5 Å². The predicted octanol–water partition coefficient (Wildman–Crippen LogP) is 4.02. The summed E-state index contributed by atoms with van der Waals surface area (Å²) in [5.74, 6) is 0.409. The molecular weight excluding hydrogens is 460 g/mol. The molecule has 0 radical (unpaired) electrons. The van der Waals surface area contributed by atoms with Crippen LogP contribution >= 0.6 is 11.6 Å². The van der Waals surface area contributed by atoms with Crippen LogP contribution in [0, 0.1) is 12.8 Å². The van der Waals surface area contributed by atoms with Crippen LogP contribution in [-0.4, -0.2) is 37.4 Å². The zero-order valence-electron chi connectivity index (χ0n) is 18.2. The van der Waals surface area contributed by atoms with E-state index in [1.807, 2.05) is 6.07 Å². The van der Waals surface area contributed by atoms with Crippen molar-refractivity contribution in [2.45, 2.75) is 31.1 Å². The third-order valence-electron chi connectivity index (χ3n) is 5.83. The third-order valence-corrected chi connectivity index (χ3v) is 7.43. The van der Waals surface area contributed by atoms with E-state index in [2.05, 4.69) is 43.9 Å². The van der Waals surface area contributed by atoms with Gasteiger partial charge in [-0.2, -0.15) is 0 Å². The monoisotopic (exact) mass is 484 g/mol. The van der Waals surface area contributed by atoms with Gasteiger partial charge in [0.05, 0.1) is 16.2 Å². The summed E-state index contributed by atoms with van der Waals surface area (Å²) in [6.45, 7) is 3.36. The Kier molecular flexibility index (Phi) is 6.95. The molecule has 0 saturated carbocycles. The van der Waals surface area contributed by atoms with Gasteiger partial charge in [-0.05, 0) is 61.9 Å². The standard InChI is InChI=1S/C24H25ClN4O3S/c1-17-22(23(30)28-33(31,32)21-9-7-20(25)8-10-21)16-26-24(27-17)29-13-11-19(12-14-29)15-18-5-3-2-4-6-18/h2-10,16,19H,11-15H2,1H3,(H,28,30). The first-order chi connectivity index (χ1) is 15.8. The molecule has 1 amide bonds. The number of nitrogens with zero attached hydrogens (tertiary/aromatic N) is 3. The van der Waals surface area contributed by atoms with Gasteiger partial charge in [0.1, 0.15) is 0 Å². The van der Waals surface area contributed by atoms with E-state index in [9.17, 15) is 13.2 Å². The highest BCUT2D eigenvalue weighted by atomic mass is 35.5. The molecule has 0 unspecified atom stereocenters. The normalized spacial score (nSPS) is 14.8. The number of carbonyl (C=O) groups is 1. The molecule has 0 aliphatic carbocycles. The van der Waals surface area contributed by atoms with E-state index in [4.69, 9.17) is 11.6 Å². The van der Waals surface area contributed by atoms with Crippen LogP contribution in [0.2, 0.25) is 5.02 Å². The Bertz CT molecular complexity index is 1230. The highest BCUT2D eigenvalue weighted by Crippen LogP contribution is 2.24. The van der Waals surface area contributed by atoms with Crippen molar-refractivity contribution in [3.63, 3.8) is 0 Å². The minimum atomic E-state index is -4.03. The number of carbonyl (C=O) groups excluding carboxylic acids is 1. The minimum absolute atomic E-state index is 0.0474. The van der Waals surface area contributed by atoms with Gasteiger partial charge >= 0.3 is 0 Å². The summed E-state index contributed by atoms with van der Waals surface area (Å²) in [7, 11) is -4.03.